The van der Waals surface area contributed by atoms with E-state index in [-0.39, 0.29) is 48.7 Å². The van der Waals surface area contributed by atoms with Crippen LogP contribution in [0.5, 0.6) is 0 Å². The van der Waals surface area contributed by atoms with E-state index in [0.29, 0.717) is 0 Å². The van der Waals surface area contributed by atoms with Crippen LogP contribution in [0.15, 0.2) is 36.4 Å². The normalized spacial score (nSPS) is 15.0. The molecule has 0 nitrogen and oxygen atoms in total. The average molecular weight is 946 g/mol. The lowest BCUT2D eigenvalue weighted by atomic mass is 9.72. The highest BCUT2D eigenvalue weighted by Gasteiger charge is 2.33. The molecule has 3 rings (SSSR count). The molecule has 0 aliphatic rings. The second kappa shape index (κ2) is 17.8. The molecule has 0 aromatic heterocycles. The second-order valence-electron chi connectivity index (χ2n) is 27.2. The summed E-state index contributed by atoms with van der Waals surface area (Å²) in [7, 11) is 3.68. The van der Waals surface area contributed by atoms with Crippen LogP contribution >= 0.6 is 40.5 Å². The molecule has 3 aromatic rings. The number of benzene rings is 3. The summed E-state index contributed by atoms with van der Waals surface area (Å²) in [6.45, 7) is 64.5. The first-order valence-corrected chi connectivity index (χ1v) is 26.4. The third kappa shape index (κ3) is 13.6. The van der Waals surface area contributed by atoms with Crippen LogP contribution in [0, 0.1) is 0 Å². The van der Waals surface area contributed by atoms with Gasteiger partial charge in [-0.2, -0.15) is 0 Å². The van der Waals surface area contributed by atoms with E-state index in [9.17, 15) is 0 Å². The van der Waals surface area contributed by atoms with E-state index >= 15 is 0 Å². The zero-order valence-corrected chi connectivity index (χ0v) is 48.5. The average Bonchev–Trinajstić information content (AvgIpc) is 3.01. The van der Waals surface area contributed by atoms with Crippen molar-refractivity contribution in [3.63, 3.8) is 0 Å². The third-order valence-electron chi connectivity index (χ3n) is 11.8. The summed E-state index contributed by atoms with van der Waals surface area (Å²) in [6, 6.07) is 15.2. The summed E-state index contributed by atoms with van der Waals surface area (Å²) < 4.78 is 1.29. The predicted molar refractivity (Wildman–Crippen MR) is 291 cm³/mol. The van der Waals surface area contributed by atoms with Crippen LogP contribution in [-0.2, 0) is 48.7 Å². The number of hydrogen-bond donors (Lipinski definition) is 0. The largest absolute Gasteiger partial charge is 0.0731 e. The van der Waals surface area contributed by atoms with Crippen molar-refractivity contribution in [1.82, 2.24) is 0 Å². The molecule has 0 saturated carbocycles. The molecule has 0 unspecified atom stereocenters. The lowest BCUT2D eigenvalue weighted by molar-refractivity contribution is 0.546. The second-order valence-corrected chi connectivity index (χ2v) is 33.1. The highest BCUT2D eigenvalue weighted by molar-refractivity contribution is 9.21. The molecule has 0 radical (unpaired) electrons. The van der Waals surface area contributed by atoms with Gasteiger partial charge in [-0.15, -0.1) is 0 Å². The summed E-state index contributed by atoms with van der Waals surface area (Å²) in [5.41, 5.74) is 15.7. The molecule has 61 heavy (non-hydrogen) atoms. The Morgan fingerprint density at radius 3 is 0.902 bits per heavy atom. The van der Waals surface area contributed by atoms with Crippen LogP contribution in [-0.4, -0.2) is 14.8 Å². The van der Waals surface area contributed by atoms with Gasteiger partial charge in [0.15, 0.2) is 0 Å². The van der Waals surface area contributed by atoms with Crippen molar-refractivity contribution in [2.24, 2.45) is 0 Å². The minimum Gasteiger partial charge on any atom is -0.0620 e. The molecule has 0 N–H and O–H groups in total. The maximum Gasteiger partial charge on any atom is 0.0731 e. The van der Waals surface area contributed by atoms with Gasteiger partial charge in [0.05, 0.1) is 3.94 Å². The lowest BCUT2D eigenvalue weighted by Crippen LogP contribution is -2.29. The Kier molecular flexibility index (Phi) is 15.8. The van der Waals surface area contributed by atoms with Crippen LogP contribution in [0.4, 0.5) is 0 Å². The number of halogens is 1. The SMILES string of the molecule is CC(C)(C)c1cc(C(C)(C)C)c(C=PC(=PC(Br)=Pc2c(C(C)(C)C)cc(C(C)(C)C)cc2C(C)(C)C)c2c(C(C)(C)C)cc(C(C)(C)C)cc2C(C)(C)C)c(C(C)(C)C)c1. The van der Waals surface area contributed by atoms with Crippen LogP contribution in [0.25, 0.3) is 0 Å². The van der Waals surface area contributed by atoms with Gasteiger partial charge in [-0.3, -0.25) is 0 Å². The van der Waals surface area contributed by atoms with Gasteiger partial charge in [0.25, 0.3) is 0 Å². The summed E-state index contributed by atoms with van der Waals surface area (Å²) in [4.78, 5) is 0. The summed E-state index contributed by atoms with van der Waals surface area (Å²) in [5.74, 6) is 2.60. The minimum absolute atomic E-state index is 0.0140. The Morgan fingerprint density at radius 1 is 0.377 bits per heavy atom. The first-order valence-electron chi connectivity index (χ1n) is 22.8. The Labute approximate surface area is 391 Å². The molecule has 3 aromatic carbocycles. The van der Waals surface area contributed by atoms with Gasteiger partial charge in [-0.25, -0.2) is 0 Å². The van der Waals surface area contributed by atoms with Gasteiger partial charge in [0.1, 0.15) is 0 Å². The van der Waals surface area contributed by atoms with E-state index in [4.69, 9.17) is 0 Å². The number of hydrogen-bond acceptors (Lipinski definition) is 0. The minimum atomic E-state index is -0.0693. The highest BCUT2D eigenvalue weighted by atomic mass is 79.9. The van der Waals surface area contributed by atoms with Crippen molar-refractivity contribution in [2.75, 3.05) is 0 Å². The van der Waals surface area contributed by atoms with E-state index in [1.165, 1.54) is 100 Å². The van der Waals surface area contributed by atoms with Crippen molar-refractivity contribution in [2.45, 2.75) is 236 Å². The maximum absolute atomic E-state index is 4.37. The standard InChI is InChI=1S/C57H88BrP3/c1-49(2,3)35-28-39(52(10,11)12)38(40(29-35)53(13,14)15)34-59-47(45-41(54(16,17)18)30-36(50(4,5)6)31-42(45)55(19,20)21)61-48(58)60-46-43(56(22,23)24)32-37(51(7,8)9)33-44(46)57(25,26)27/h28-34H,1-27H3. The molecule has 0 saturated heterocycles. The van der Waals surface area contributed by atoms with Crippen LogP contribution in [0.1, 0.15) is 248 Å². The van der Waals surface area contributed by atoms with Crippen molar-refractivity contribution in [3.05, 3.63) is 97.6 Å². The van der Waals surface area contributed by atoms with Gasteiger partial charge < -0.3 is 0 Å². The molecule has 0 fully saturated rings. The number of rotatable bonds is 5. The van der Waals surface area contributed by atoms with E-state index in [2.05, 4.69) is 245 Å². The fourth-order valence-corrected chi connectivity index (χ4v) is 13.6. The molecule has 0 aliphatic heterocycles. The first-order chi connectivity index (χ1) is 26.9. The molecule has 0 bridgehead atoms. The zero-order valence-electron chi connectivity index (χ0n) is 44.3. The fourth-order valence-electron chi connectivity index (χ4n) is 7.78. The Hall–Kier alpha value is -1.35. The zero-order chi connectivity index (χ0) is 47.7. The first kappa shape index (κ1) is 54.0. The highest BCUT2D eigenvalue weighted by Crippen LogP contribution is 2.45. The van der Waals surface area contributed by atoms with Gasteiger partial charge in [0.2, 0.25) is 0 Å². The molecule has 0 amide bonds. The van der Waals surface area contributed by atoms with Crippen molar-refractivity contribution in [1.29, 1.82) is 0 Å². The van der Waals surface area contributed by atoms with Crippen LogP contribution < -0.4 is 5.30 Å². The Balaban J connectivity index is 2.77. The summed E-state index contributed by atoms with van der Waals surface area (Å²) in [5, 5.41) is 2.89. The quantitative estimate of drug-likeness (QED) is 0.224. The van der Waals surface area contributed by atoms with Crippen LogP contribution in [0.2, 0.25) is 0 Å². The molecule has 0 aliphatic carbocycles. The molecule has 0 atom stereocenters. The van der Waals surface area contributed by atoms with E-state index in [1.54, 1.807) is 0 Å². The van der Waals surface area contributed by atoms with E-state index < -0.39 is 0 Å². The smallest absolute Gasteiger partial charge is 0.0620 e. The maximum atomic E-state index is 4.37. The molecule has 0 spiro atoms. The van der Waals surface area contributed by atoms with Crippen molar-refractivity contribution >= 4 is 60.6 Å². The molecule has 0 heterocycles. The van der Waals surface area contributed by atoms with Crippen molar-refractivity contribution in [3.8, 4) is 0 Å². The van der Waals surface area contributed by atoms with Gasteiger partial charge in [-0.1, -0.05) is 232 Å². The lowest BCUT2D eigenvalue weighted by Gasteiger charge is -2.34. The summed E-state index contributed by atoms with van der Waals surface area (Å²) >= 11 is 4.37. The monoisotopic (exact) mass is 945 g/mol. The molecule has 4 heteroatoms. The third-order valence-corrected chi connectivity index (χ3v) is 16.5. The fraction of sp³-hybridized carbons (Fsp3) is 0.632. The molecular formula is C57H88BrP3. The molecule has 338 valence electrons. The predicted octanol–water partition coefficient (Wildman–Crippen LogP) is 18.3. The Bertz CT molecular complexity index is 2070. The van der Waals surface area contributed by atoms with Crippen molar-refractivity contribution < 1.29 is 0 Å². The van der Waals surface area contributed by atoms with E-state index in [1.807, 2.05) is 0 Å². The van der Waals surface area contributed by atoms with Gasteiger partial charge in [-0.05, 0) is 148 Å². The van der Waals surface area contributed by atoms with Crippen LogP contribution in [0.3, 0.4) is 0 Å². The van der Waals surface area contributed by atoms with E-state index in [0.717, 1.165) is 0 Å². The van der Waals surface area contributed by atoms with Gasteiger partial charge >= 0.3 is 0 Å². The summed E-state index contributed by atoms with van der Waals surface area (Å²) in [6.07, 6.45) is 0. The molecular weight excluding hydrogens is 857 g/mol. The topological polar surface area (TPSA) is 0 Å². The Morgan fingerprint density at radius 2 is 0.639 bits per heavy atom. The van der Waals surface area contributed by atoms with Gasteiger partial charge in [0, 0.05) is 10.3 Å².